The summed E-state index contributed by atoms with van der Waals surface area (Å²) in [5.74, 6) is 0. The Balaban J connectivity index is 1.89. The van der Waals surface area contributed by atoms with Crippen molar-refractivity contribution in [2.75, 3.05) is 19.7 Å². The molecule has 0 N–H and O–H groups in total. The zero-order chi connectivity index (χ0) is 9.47. The molecule has 0 aromatic rings. The van der Waals surface area contributed by atoms with Gasteiger partial charge in [-0.1, -0.05) is 0 Å². The summed E-state index contributed by atoms with van der Waals surface area (Å²) in [5.41, 5.74) is 0.0731. The van der Waals surface area contributed by atoms with Crippen molar-refractivity contribution in [2.24, 2.45) is 0 Å². The molecule has 0 radical (unpaired) electrons. The Morgan fingerprint density at radius 1 is 1.62 bits per heavy atom. The molecule has 0 saturated carbocycles. The van der Waals surface area contributed by atoms with Crippen LogP contribution in [-0.2, 0) is 4.74 Å². The fraction of sp³-hybridized carbons (Fsp3) is 1.00. The Morgan fingerprint density at radius 3 is 2.85 bits per heavy atom. The molecule has 2 saturated heterocycles. The first-order chi connectivity index (χ1) is 6.12. The van der Waals surface area contributed by atoms with E-state index >= 15 is 0 Å². The van der Waals surface area contributed by atoms with Gasteiger partial charge in [-0.2, -0.15) is 0 Å². The molecule has 13 heavy (non-hydrogen) atoms. The average Bonchev–Trinajstić information content (AvgIpc) is 2.25. The Labute approximate surface area is 79.1 Å². The minimum Gasteiger partial charge on any atom is -0.377 e. The van der Waals surface area contributed by atoms with Gasteiger partial charge in [-0.3, -0.25) is 4.90 Å². The van der Waals surface area contributed by atoms with E-state index in [0.717, 1.165) is 13.0 Å². The first-order valence-electron chi connectivity index (χ1n) is 5.13. The van der Waals surface area contributed by atoms with Gasteiger partial charge < -0.3 is 4.74 Å². The Bertz CT molecular complexity index is 197. The third kappa shape index (κ3) is 1.59. The monoisotopic (exact) mass is 187 g/mol. The maximum absolute atomic E-state index is 13.1. The van der Waals surface area contributed by atoms with Gasteiger partial charge >= 0.3 is 0 Å². The van der Waals surface area contributed by atoms with Crippen LogP contribution < -0.4 is 0 Å². The lowest BCUT2D eigenvalue weighted by atomic mass is 9.86. The molecule has 2 atom stereocenters. The van der Waals surface area contributed by atoms with E-state index in [1.165, 1.54) is 0 Å². The molecule has 0 amide bonds. The van der Waals surface area contributed by atoms with Crippen LogP contribution in [0.15, 0.2) is 0 Å². The van der Waals surface area contributed by atoms with Gasteiger partial charge in [-0.15, -0.1) is 0 Å². The molecule has 0 aromatic carbocycles. The fourth-order valence-corrected chi connectivity index (χ4v) is 2.36. The van der Waals surface area contributed by atoms with Gasteiger partial charge in [-0.05, 0) is 20.3 Å². The van der Waals surface area contributed by atoms with Crippen LogP contribution in [0.25, 0.3) is 0 Å². The van der Waals surface area contributed by atoms with Crippen LogP contribution in [0.3, 0.4) is 0 Å². The summed E-state index contributed by atoms with van der Waals surface area (Å²) in [5, 5.41) is 0. The van der Waals surface area contributed by atoms with E-state index in [2.05, 4.69) is 4.90 Å². The summed E-state index contributed by atoms with van der Waals surface area (Å²) >= 11 is 0. The topological polar surface area (TPSA) is 12.5 Å². The number of alkyl halides is 1. The molecule has 3 heteroatoms. The SMILES string of the molecule is CC(C)OC[C@@]12CCN1C[C@H](F)C2. The molecule has 0 bridgehead atoms. The number of fused-ring (bicyclic) bond motifs is 1. The molecule has 0 aromatic heterocycles. The van der Waals surface area contributed by atoms with Crippen molar-refractivity contribution in [3.05, 3.63) is 0 Å². The number of hydrogen-bond donors (Lipinski definition) is 0. The van der Waals surface area contributed by atoms with Gasteiger partial charge in [-0.25, -0.2) is 4.39 Å². The lowest BCUT2D eigenvalue weighted by Gasteiger charge is -2.47. The highest BCUT2D eigenvalue weighted by Crippen LogP contribution is 2.41. The molecular weight excluding hydrogens is 169 g/mol. The van der Waals surface area contributed by atoms with Crippen LogP contribution in [0.1, 0.15) is 26.7 Å². The number of ether oxygens (including phenoxy) is 1. The summed E-state index contributed by atoms with van der Waals surface area (Å²) in [6, 6.07) is 0. The minimum atomic E-state index is -0.627. The Hall–Kier alpha value is -0.150. The average molecular weight is 187 g/mol. The van der Waals surface area contributed by atoms with Crippen molar-refractivity contribution in [3.63, 3.8) is 0 Å². The molecule has 0 unspecified atom stereocenters. The summed E-state index contributed by atoms with van der Waals surface area (Å²) in [7, 11) is 0. The number of halogens is 1. The molecule has 2 nitrogen and oxygen atoms in total. The minimum absolute atomic E-state index is 0.0731. The summed E-state index contributed by atoms with van der Waals surface area (Å²) in [6.45, 7) is 6.46. The van der Waals surface area contributed by atoms with Crippen LogP contribution in [-0.4, -0.2) is 42.4 Å². The zero-order valence-electron chi connectivity index (χ0n) is 8.42. The Morgan fingerprint density at radius 2 is 2.38 bits per heavy atom. The van der Waals surface area contributed by atoms with E-state index in [1.54, 1.807) is 0 Å². The van der Waals surface area contributed by atoms with Crippen molar-refractivity contribution in [2.45, 2.75) is 44.5 Å². The molecule has 2 rings (SSSR count). The third-order valence-electron chi connectivity index (χ3n) is 3.22. The zero-order valence-corrected chi connectivity index (χ0v) is 8.42. The maximum Gasteiger partial charge on any atom is 0.115 e. The molecule has 2 fully saturated rings. The van der Waals surface area contributed by atoms with Crippen LogP contribution in [0, 0.1) is 0 Å². The van der Waals surface area contributed by atoms with E-state index in [1.807, 2.05) is 13.8 Å². The second-order valence-corrected chi connectivity index (χ2v) is 4.58. The molecule has 2 aliphatic heterocycles. The molecular formula is C10H18FNO. The van der Waals surface area contributed by atoms with Gasteiger partial charge in [0, 0.05) is 25.0 Å². The van der Waals surface area contributed by atoms with E-state index in [4.69, 9.17) is 4.74 Å². The summed E-state index contributed by atoms with van der Waals surface area (Å²) < 4.78 is 18.7. The molecule has 0 aliphatic carbocycles. The fourth-order valence-electron chi connectivity index (χ4n) is 2.36. The van der Waals surface area contributed by atoms with Gasteiger partial charge in [0.25, 0.3) is 0 Å². The van der Waals surface area contributed by atoms with Crippen LogP contribution >= 0.6 is 0 Å². The predicted molar refractivity (Wildman–Crippen MR) is 49.5 cm³/mol. The standard InChI is InChI=1S/C10H18FNO/c1-8(2)13-7-10-3-4-12(10)6-9(11)5-10/h8-9H,3-7H2,1-2H3/t9-,10+/m1/s1. The second-order valence-electron chi connectivity index (χ2n) is 4.58. The van der Waals surface area contributed by atoms with E-state index in [-0.39, 0.29) is 11.6 Å². The molecule has 76 valence electrons. The van der Waals surface area contributed by atoms with Crippen LogP contribution in [0.5, 0.6) is 0 Å². The van der Waals surface area contributed by atoms with Gasteiger partial charge in [0.15, 0.2) is 0 Å². The lowest BCUT2D eigenvalue weighted by Crippen LogP contribution is -2.58. The summed E-state index contributed by atoms with van der Waals surface area (Å²) in [6.07, 6.45) is 1.42. The van der Waals surface area contributed by atoms with E-state index in [9.17, 15) is 4.39 Å². The predicted octanol–water partition coefficient (Wildman–Crippen LogP) is 1.60. The maximum atomic E-state index is 13.1. The molecule has 2 aliphatic rings. The van der Waals surface area contributed by atoms with E-state index < -0.39 is 6.17 Å². The Kier molecular flexibility index (Phi) is 2.32. The number of hydrogen-bond acceptors (Lipinski definition) is 2. The van der Waals surface area contributed by atoms with Crippen molar-refractivity contribution in [3.8, 4) is 0 Å². The van der Waals surface area contributed by atoms with Crippen molar-refractivity contribution < 1.29 is 9.13 Å². The first-order valence-corrected chi connectivity index (χ1v) is 5.13. The van der Waals surface area contributed by atoms with Crippen LogP contribution in [0.2, 0.25) is 0 Å². The lowest BCUT2D eigenvalue weighted by molar-refractivity contribution is -0.0648. The molecule has 2 heterocycles. The van der Waals surface area contributed by atoms with Gasteiger partial charge in [0.05, 0.1) is 12.7 Å². The normalized spacial score (nSPS) is 39.2. The quantitative estimate of drug-likeness (QED) is 0.665. The van der Waals surface area contributed by atoms with Gasteiger partial charge in [0.1, 0.15) is 6.17 Å². The second kappa shape index (κ2) is 3.21. The van der Waals surface area contributed by atoms with Gasteiger partial charge in [0.2, 0.25) is 0 Å². The van der Waals surface area contributed by atoms with E-state index in [0.29, 0.717) is 19.6 Å². The highest BCUT2D eigenvalue weighted by molar-refractivity contribution is 5.07. The largest absolute Gasteiger partial charge is 0.377 e. The third-order valence-corrected chi connectivity index (χ3v) is 3.22. The van der Waals surface area contributed by atoms with Crippen molar-refractivity contribution in [1.82, 2.24) is 4.90 Å². The smallest absolute Gasteiger partial charge is 0.115 e. The van der Waals surface area contributed by atoms with Crippen molar-refractivity contribution in [1.29, 1.82) is 0 Å². The highest BCUT2D eigenvalue weighted by Gasteiger charge is 2.52. The molecule has 0 spiro atoms. The van der Waals surface area contributed by atoms with Crippen molar-refractivity contribution >= 4 is 0 Å². The number of nitrogens with zero attached hydrogens (tertiary/aromatic N) is 1. The van der Waals surface area contributed by atoms with Crippen LogP contribution in [0.4, 0.5) is 4.39 Å². The number of rotatable bonds is 3. The summed E-state index contributed by atoms with van der Waals surface area (Å²) in [4.78, 5) is 2.24. The first kappa shape index (κ1) is 9.41. The highest BCUT2D eigenvalue weighted by atomic mass is 19.1.